The molecular weight excluding hydrogens is 188 g/mol. The summed E-state index contributed by atoms with van der Waals surface area (Å²) in [5.74, 6) is -0.954. The molecular formula is C9H14O5. The van der Waals surface area contributed by atoms with Crippen molar-refractivity contribution >= 4 is 5.97 Å². The van der Waals surface area contributed by atoms with E-state index in [1.807, 2.05) is 0 Å². The van der Waals surface area contributed by atoms with Crippen LogP contribution in [0, 0.1) is 0 Å². The predicted octanol–water partition coefficient (Wildman–Crippen LogP) is 0.380. The second kappa shape index (κ2) is 3.84. The number of rotatable bonds is 3. The minimum atomic E-state index is -0.954. The van der Waals surface area contributed by atoms with Crippen LogP contribution in [0.2, 0.25) is 0 Å². The molecule has 5 heteroatoms. The molecule has 2 aliphatic rings. The van der Waals surface area contributed by atoms with E-state index >= 15 is 0 Å². The molecule has 4 atom stereocenters. The van der Waals surface area contributed by atoms with Crippen molar-refractivity contribution in [1.82, 2.24) is 0 Å². The van der Waals surface area contributed by atoms with Crippen molar-refractivity contribution in [2.75, 3.05) is 6.61 Å². The molecule has 2 saturated heterocycles. The molecule has 0 aromatic rings. The van der Waals surface area contributed by atoms with E-state index in [0.29, 0.717) is 6.61 Å². The van der Waals surface area contributed by atoms with E-state index in [9.17, 15) is 4.79 Å². The SMILES string of the molecule is CC(OC1CC[C@H]2CO[C@@H]1O2)C(=O)O. The van der Waals surface area contributed by atoms with Gasteiger partial charge in [0.25, 0.3) is 0 Å². The molecule has 2 fully saturated rings. The van der Waals surface area contributed by atoms with Crippen molar-refractivity contribution in [2.24, 2.45) is 0 Å². The highest BCUT2D eigenvalue weighted by atomic mass is 16.7. The Balaban J connectivity index is 1.88. The van der Waals surface area contributed by atoms with E-state index in [4.69, 9.17) is 19.3 Å². The average molecular weight is 202 g/mol. The van der Waals surface area contributed by atoms with Crippen LogP contribution in [0.4, 0.5) is 0 Å². The van der Waals surface area contributed by atoms with Crippen LogP contribution in [0.15, 0.2) is 0 Å². The van der Waals surface area contributed by atoms with Gasteiger partial charge in [0.05, 0.1) is 12.7 Å². The molecule has 2 unspecified atom stereocenters. The van der Waals surface area contributed by atoms with Gasteiger partial charge in [0, 0.05) is 0 Å². The van der Waals surface area contributed by atoms with Crippen molar-refractivity contribution in [3.8, 4) is 0 Å². The molecule has 0 spiro atoms. The molecule has 80 valence electrons. The second-order valence-corrected chi connectivity index (χ2v) is 3.69. The van der Waals surface area contributed by atoms with Crippen LogP contribution in [0.25, 0.3) is 0 Å². The Bertz CT molecular complexity index is 229. The quantitative estimate of drug-likeness (QED) is 0.716. The lowest BCUT2D eigenvalue weighted by atomic mass is 10.1. The second-order valence-electron chi connectivity index (χ2n) is 3.69. The summed E-state index contributed by atoms with van der Waals surface area (Å²) in [6.45, 7) is 2.12. The molecule has 2 aliphatic heterocycles. The predicted molar refractivity (Wildman–Crippen MR) is 45.8 cm³/mol. The Labute approximate surface area is 81.9 Å². The molecule has 0 aromatic heterocycles. The zero-order chi connectivity index (χ0) is 10.1. The number of aliphatic carboxylic acids is 1. The highest BCUT2D eigenvalue weighted by molar-refractivity contribution is 5.71. The molecule has 5 nitrogen and oxygen atoms in total. The first kappa shape index (κ1) is 9.89. The molecule has 2 rings (SSSR count). The maximum Gasteiger partial charge on any atom is 0.332 e. The molecule has 0 aromatic carbocycles. The fraction of sp³-hybridized carbons (Fsp3) is 0.889. The van der Waals surface area contributed by atoms with Crippen molar-refractivity contribution in [3.05, 3.63) is 0 Å². The molecule has 2 bridgehead atoms. The summed E-state index contributed by atoms with van der Waals surface area (Å²) in [6, 6.07) is 0. The number of ether oxygens (including phenoxy) is 3. The smallest absolute Gasteiger partial charge is 0.332 e. The highest BCUT2D eigenvalue weighted by Gasteiger charge is 2.39. The van der Waals surface area contributed by atoms with Crippen LogP contribution in [-0.2, 0) is 19.0 Å². The molecule has 1 N–H and O–H groups in total. The fourth-order valence-corrected chi connectivity index (χ4v) is 1.76. The van der Waals surface area contributed by atoms with E-state index in [-0.39, 0.29) is 18.5 Å². The summed E-state index contributed by atoms with van der Waals surface area (Å²) in [4.78, 5) is 10.6. The standard InChI is InChI=1S/C9H14O5/c1-5(8(10)11)13-7-3-2-6-4-12-9(7)14-6/h5-7,9H,2-4H2,1H3,(H,10,11)/t5?,6-,7?,9+/m0/s1. The zero-order valence-corrected chi connectivity index (χ0v) is 8.01. The van der Waals surface area contributed by atoms with Gasteiger partial charge in [0.15, 0.2) is 12.4 Å². The van der Waals surface area contributed by atoms with Gasteiger partial charge in [0.1, 0.15) is 6.10 Å². The first-order valence-electron chi connectivity index (χ1n) is 4.82. The first-order chi connectivity index (χ1) is 6.66. The van der Waals surface area contributed by atoms with E-state index in [1.54, 1.807) is 0 Å². The minimum Gasteiger partial charge on any atom is -0.479 e. The van der Waals surface area contributed by atoms with Gasteiger partial charge in [0.2, 0.25) is 0 Å². The summed E-state index contributed by atoms with van der Waals surface area (Å²) < 4.78 is 16.1. The first-order valence-corrected chi connectivity index (χ1v) is 4.82. The molecule has 0 saturated carbocycles. The highest BCUT2D eigenvalue weighted by Crippen LogP contribution is 2.29. The van der Waals surface area contributed by atoms with E-state index < -0.39 is 12.1 Å². The van der Waals surface area contributed by atoms with Crippen LogP contribution >= 0.6 is 0 Å². The third-order valence-corrected chi connectivity index (χ3v) is 2.58. The van der Waals surface area contributed by atoms with Crippen molar-refractivity contribution < 1.29 is 24.1 Å². The van der Waals surface area contributed by atoms with Crippen LogP contribution < -0.4 is 0 Å². The van der Waals surface area contributed by atoms with Gasteiger partial charge in [-0.3, -0.25) is 0 Å². The van der Waals surface area contributed by atoms with Crippen LogP contribution in [0.1, 0.15) is 19.8 Å². The van der Waals surface area contributed by atoms with Gasteiger partial charge >= 0.3 is 5.97 Å². The van der Waals surface area contributed by atoms with Gasteiger partial charge in [-0.25, -0.2) is 4.79 Å². The maximum absolute atomic E-state index is 10.6. The monoisotopic (exact) mass is 202 g/mol. The number of carbonyl (C=O) groups is 1. The van der Waals surface area contributed by atoms with E-state index in [1.165, 1.54) is 6.92 Å². The summed E-state index contributed by atoms with van der Waals surface area (Å²) in [5, 5.41) is 8.68. The van der Waals surface area contributed by atoms with Crippen LogP contribution in [0.5, 0.6) is 0 Å². The number of carboxylic acids is 1. The lowest BCUT2D eigenvalue weighted by Crippen LogP contribution is -2.39. The lowest BCUT2D eigenvalue weighted by molar-refractivity contribution is -0.195. The molecule has 0 aliphatic carbocycles. The molecule has 0 amide bonds. The van der Waals surface area contributed by atoms with Gasteiger partial charge < -0.3 is 19.3 Å². The van der Waals surface area contributed by atoms with E-state index in [2.05, 4.69) is 0 Å². The fourth-order valence-electron chi connectivity index (χ4n) is 1.76. The Hall–Kier alpha value is -0.650. The van der Waals surface area contributed by atoms with Crippen molar-refractivity contribution in [2.45, 2.75) is 44.4 Å². The maximum atomic E-state index is 10.6. The lowest BCUT2D eigenvalue weighted by Gasteiger charge is -2.28. The Morgan fingerprint density at radius 3 is 3.07 bits per heavy atom. The number of fused-ring (bicyclic) bond motifs is 2. The van der Waals surface area contributed by atoms with Crippen molar-refractivity contribution in [1.29, 1.82) is 0 Å². The topological polar surface area (TPSA) is 65.0 Å². The molecule has 0 radical (unpaired) electrons. The third kappa shape index (κ3) is 1.89. The Kier molecular flexibility index (Phi) is 2.71. The van der Waals surface area contributed by atoms with Gasteiger partial charge in [-0.2, -0.15) is 0 Å². The van der Waals surface area contributed by atoms with Gasteiger partial charge in [-0.05, 0) is 19.8 Å². The summed E-state index contributed by atoms with van der Waals surface area (Å²) in [7, 11) is 0. The van der Waals surface area contributed by atoms with E-state index in [0.717, 1.165) is 12.8 Å². The van der Waals surface area contributed by atoms with Crippen LogP contribution in [-0.4, -0.2) is 42.3 Å². The van der Waals surface area contributed by atoms with Crippen LogP contribution in [0.3, 0.4) is 0 Å². The summed E-state index contributed by atoms with van der Waals surface area (Å²) >= 11 is 0. The summed E-state index contributed by atoms with van der Waals surface area (Å²) in [5.41, 5.74) is 0. The minimum absolute atomic E-state index is 0.181. The average Bonchev–Trinajstić information content (AvgIpc) is 2.53. The molecule has 14 heavy (non-hydrogen) atoms. The van der Waals surface area contributed by atoms with Gasteiger partial charge in [-0.1, -0.05) is 0 Å². The Morgan fingerprint density at radius 2 is 2.36 bits per heavy atom. The Morgan fingerprint density at radius 1 is 1.57 bits per heavy atom. The van der Waals surface area contributed by atoms with Crippen molar-refractivity contribution in [3.63, 3.8) is 0 Å². The van der Waals surface area contributed by atoms with Gasteiger partial charge in [-0.15, -0.1) is 0 Å². The molecule has 2 heterocycles. The largest absolute Gasteiger partial charge is 0.479 e. The zero-order valence-electron chi connectivity index (χ0n) is 8.01. The number of hydrogen-bond donors (Lipinski definition) is 1. The normalized spacial score (nSPS) is 38.2. The third-order valence-electron chi connectivity index (χ3n) is 2.58. The number of hydrogen-bond acceptors (Lipinski definition) is 4. The number of carboxylic acid groups (broad SMARTS) is 1. The summed E-state index contributed by atoms with van der Waals surface area (Å²) in [6.07, 6.45) is 0.472.